The van der Waals surface area contributed by atoms with Crippen LogP contribution in [0.3, 0.4) is 0 Å². The summed E-state index contributed by atoms with van der Waals surface area (Å²) in [6, 6.07) is 0. The second-order valence-corrected chi connectivity index (χ2v) is 10.3. The van der Waals surface area contributed by atoms with Crippen LogP contribution in [0.5, 0.6) is 0 Å². The molecular formula is C27H48O4. The molecule has 0 bridgehead atoms. The van der Waals surface area contributed by atoms with Crippen molar-refractivity contribution < 1.29 is 19.4 Å². The van der Waals surface area contributed by atoms with E-state index in [1.807, 2.05) is 0 Å². The number of ether oxygens (including phenoxy) is 1. The first-order chi connectivity index (χ1) is 15.1. The Hall–Kier alpha value is -1.06. The summed E-state index contributed by atoms with van der Waals surface area (Å²) in [5.74, 6) is -1.13. The van der Waals surface area contributed by atoms with E-state index in [1.165, 1.54) is 70.6 Å². The van der Waals surface area contributed by atoms with E-state index in [4.69, 9.17) is 4.74 Å². The Kier molecular flexibility index (Phi) is 12.6. The minimum absolute atomic E-state index is 0.0474. The maximum absolute atomic E-state index is 12.9. The lowest BCUT2D eigenvalue weighted by molar-refractivity contribution is -0.172. The quantitative estimate of drug-likeness (QED) is 0.210. The van der Waals surface area contributed by atoms with Crippen molar-refractivity contribution in [2.24, 2.45) is 11.8 Å². The van der Waals surface area contributed by atoms with Gasteiger partial charge >= 0.3 is 11.9 Å². The van der Waals surface area contributed by atoms with E-state index in [0.29, 0.717) is 25.7 Å². The minimum Gasteiger partial charge on any atom is -0.481 e. The highest BCUT2D eigenvalue weighted by Crippen LogP contribution is 2.38. The molecule has 31 heavy (non-hydrogen) atoms. The van der Waals surface area contributed by atoms with Crippen LogP contribution in [0.4, 0.5) is 0 Å². The van der Waals surface area contributed by atoms with Crippen LogP contribution in [0.25, 0.3) is 0 Å². The van der Waals surface area contributed by atoms with E-state index in [2.05, 4.69) is 6.92 Å². The van der Waals surface area contributed by atoms with Crippen molar-refractivity contribution in [3.05, 3.63) is 0 Å². The summed E-state index contributed by atoms with van der Waals surface area (Å²) in [7, 11) is 0. The maximum Gasteiger partial charge on any atom is 0.309 e. The van der Waals surface area contributed by atoms with Gasteiger partial charge in [-0.05, 0) is 64.2 Å². The topological polar surface area (TPSA) is 63.6 Å². The molecule has 0 aromatic heterocycles. The fourth-order valence-corrected chi connectivity index (χ4v) is 5.58. The number of carboxylic acids is 1. The number of carbonyl (C=O) groups excluding carboxylic acids is 1. The zero-order chi connectivity index (χ0) is 22.4. The maximum atomic E-state index is 12.9. The van der Waals surface area contributed by atoms with Crippen molar-refractivity contribution in [2.45, 2.75) is 147 Å². The number of esters is 1. The zero-order valence-corrected chi connectivity index (χ0v) is 20.2. The second kappa shape index (κ2) is 14.9. The van der Waals surface area contributed by atoms with Gasteiger partial charge in [0.25, 0.3) is 0 Å². The number of hydrogen-bond acceptors (Lipinski definition) is 3. The Morgan fingerprint density at radius 2 is 1.23 bits per heavy atom. The molecule has 2 aliphatic rings. The van der Waals surface area contributed by atoms with Crippen LogP contribution in [-0.4, -0.2) is 22.6 Å². The summed E-state index contributed by atoms with van der Waals surface area (Å²) in [6.07, 6.45) is 23.9. The Labute approximate surface area is 190 Å². The molecule has 0 spiro atoms. The third kappa shape index (κ3) is 9.95. The normalized spacial score (nSPS) is 23.4. The first kappa shape index (κ1) is 26.2. The van der Waals surface area contributed by atoms with Gasteiger partial charge in [-0.3, -0.25) is 9.59 Å². The molecule has 180 valence electrons. The summed E-state index contributed by atoms with van der Waals surface area (Å²) in [5.41, 5.74) is -0.238. The number of carbonyl (C=O) groups is 2. The Balaban J connectivity index is 1.64. The zero-order valence-electron chi connectivity index (χ0n) is 20.2. The minimum atomic E-state index is -0.716. The molecule has 0 aromatic rings. The monoisotopic (exact) mass is 436 g/mol. The molecule has 0 radical (unpaired) electrons. The van der Waals surface area contributed by atoms with Crippen LogP contribution < -0.4 is 0 Å². The molecule has 0 aromatic carbocycles. The molecular weight excluding hydrogens is 388 g/mol. The van der Waals surface area contributed by atoms with E-state index in [0.717, 1.165) is 38.5 Å². The Morgan fingerprint density at radius 1 is 0.742 bits per heavy atom. The van der Waals surface area contributed by atoms with Crippen molar-refractivity contribution in [3.63, 3.8) is 0 Å². The van der Waals surface area contributed by atoms with Gasteiger partial charge in [-0.25, -0.2) is 0 Å². The molecule has 0 saturated heterocycles. The van der Waals surface area contributed by atoms with Crippen LogP contribution in [-0.2, 0) is 14.3 Å². The third-order valence-electron chi connectivity index (χ3n) is 7.73. The van der Waals surface area contributed by atoms with Gasteiger partial charge in [0.05, 0.1) is 11.8 Å². The first-order valence-corrected chi connectivity index (χ1v) is 13.5. The van der Waals surface area contributed by atoms with Crippen molar-refractivity contribution in [2.75, 3.05) is 0 Å². The van der Waals surface area contributed by atoms with Crippen molar-refractivity contribution in [1.82, 2.24) is 0 Å². The Bertz CT molecular complexity index is 501. The van der Waals surface area contributed by atoms with Gasteiger partial charge in [0.1, 0.15) is 5.60 Å². The molecule has 0 unspecified atom stereocenters. The van der Waals surface area contributed by atoms with E-state index < -0.39 is 5.97 Å². The first-order valence-electron chi connectivity index (χ1n) is 13.5. The lowest BCUT2D eigenvalue weighted by atomic mass is 9.79. The van der Waals surface area contributed by atoms with E-state index in [-0.39, 0.29) is 23.4 Å². The molecule has 2 saturated carbocycles. The third-order valence-corrected chi connectivity index (χ3v) is 7.73. The SMILES string of the molecule is CCCCCCCCCCCCCC1(OC(=O)C2CCC(C(=O)O)CC2)CCCCC1. The van der Waals surface area contributed by atoms with Gasteiger partial charge in [0, 0.05) is 0 Å². The van der Waals surface area contributed by atoms with Crippen molar-refractivity contribution in [1.29, 1.82) is 0 Å². The van der Waals surface area contributed by atoms with Gasteiger partial charge in [-0.15, -0.1) is 0 Å². The van der Waals surface area contributed by atoms with Crippen LogP contribution in [0.1, 0.15) is 142 Å². The number of aliphatic carboxylic acids is 1. The van der Waals surface area contributed by atoms with E-state index >= 15 is 0 Å². The number of hydrogen-bond donors (Lipinski definition) is 1. The number of rotatable bonds is 15. The van der Waals surface area contributed by atoms with Gasteiger partial charge in [0.2, 0.25) is 0 Å². The molecule has 4 heteroatoms. The highest BCUT2D eigenvalue weighted by Gasteiger charge is 2.38. The average Bonchev–Trinajstić information content (AvgIpc) is 2.78. The Morgan fingerprint density at radius 3 is 1.74 bits per heavy atom. The van der Waals surface area contributed by atoms with Crippen LogP contribution >= 0.6 is 0 Å². The smallest absolute Gasteiger partial charge is 0.309 e. The average molecular weight is 437 g/mol. The molecule has 2 rings (SSSR count). The summed E-state index contributed by atoms with van der Waals surface area (Å²) < 4.78 is 6.22. The summed E-state index contributed by atoms with van der Waals surface area (Å²) >= 11 is 0. The fraction of sp³-hybridized carbons (Fsp3) is 0.926. The second-order valence-electron chi connectivity index (χ2n) is 10.3. The van der Waals surface area contributed by atoms with Crippen LogP contribution in [0.2, 0.25) is 0 Å². The fourth-order valence-electron chi connectivity index (χ4n) is 5.58. The highest BCUT2D eigenvalue weighted by atomic mass is 16.6. The molecule has 2 fully saturated rings. The van der Waals surface area contributed by atoms with Gasteiger partial charge in [0.15, 0.2) is 0 Å². The standard InChI is InChI=1S/C27H48O4/c1-2-3-4-5-6-7-8-9-10-11-13-20-27(21-14-12-15-22-27)31-26(30)24-18-16-23(17-19-24)25(28)29/h23-24H,2-22H2,1H3,(H,28,29). The van der Waals surface area contributed by atoms with Crippen molar-refractivity contribution in [3.8, 4) is 0 Å². The predicted octanol–water partition coefficient (Wildman–Crippen LogP) is 7.82. The molecule has 0 aliphatic heterocycles. The molecule has 0 heterocycles. The summed E-state index contributed by atoms with van der Waals surface area (Å²) in [4.78, 5) is 24.0. The number of unbranched alkanes of at least 4 members (excludes halogenated alkanes) is 10. The molecule has 1 N–H and O–H groups in total. The molecule has 0 amide bonds. The van der Waals surface area contributed by atoms with E-state index in [9.17, 15) is 14.7 Å². The van der Waals surface area contributed by atoms with Crippen LogP contribution in [0.15, 0.2) is 0 Å². The predicted molar refractivity (Wildman–Crippen MR) is 126 cm³/mol. The molecule has 2 aliphatic carbocycles. The van der Waals surface area contributed by atoms with Gasteiger partial charge in [-0.1, -0.05) is 77.6 Å². The number of carboxylic acid groups (broad SMARTS) is 1. The van der Waals surface area contributed by atoms with E-state index in [1.54, 1.807) is 0 Å². The lowest BCUT2D eigenvalue weighted by Gasteiger charge is -2.38. The molecule has 0 atom stereocenters. The van der Waals surface area contributed by atoms with Crippen LogP contribution in [0, 0.1) is 11.8 Å². The highest BCUT2D eigenvalue weighted by molar-refractivity contribution is 5.74. The van der Waals surface area contributed by atoms with Gasteiger partial charge in [-0.2, -0.15) is 0 Å². The lowest BCUT2D eigenvalue weighted by Crippen LogP contribution is -2.40. The van der Waals surface area contributed by atoms with Gasteiger partial charge < -0.3 is 9.84 Å². The summed E-state index contributed by atoms with van der Waals surface area (Å²) in [5, 5.41) is 9.18. The van der Waals surface area contributed by atoms with Crippen molar-refractivity contribution >= 4 is 11.9 Å². The summed E-state index contributed by atoms with van der Waals surface area (Å²) in [6.45, 7) is 2.27. The largest absolute Gasteiger partial charge is 0.481 e. The molecule has 4 nitrogen and oxygen atoms in total.